The van der Waals surface area contributed by atoms with E-state index in [1.807, 2.05) is 82.4 Å². The number of tetrazole rings is 1. The first kappa shape index (κ1) is 36.9. The van der Waals surface area contributed by atoms with Crippen molar-refractivity contribution in [1.82, 2.24) is 25.5 Å². The van der Waals surface area contributed by atoms with Gasteiger partial charge in [0.2, 0.25) is 0 Å². The normalized spacial score (nSPS) is 15.4. The summed E-state index contributed by atoms with van der Waals surface area (Å²) in [7, 11) is 0. The predicted octanol–water partition coefficient (Wildman–Crippen LogP) is 9.03. The van der Waals surface area contributed by atoms with Gasteiger partial charge < -0.3 is 20.7 Å². The van der Waals surface area contributed by atoms with Gasteiger partial charge in [-0.2, -0.15) is 0 Å². The lowest BCUT2D eigenvalue weighted by Gasteiger charge is -2.38. The maximum atomic E-state index is 13.8. The summed E-state index contributed by atoms with van der Waals surface area (Å²) >= 11 is 0. The van der Waals surface area contributed by atoms with Crippen LogP contribution in [0.4, 0.5) is 5.69 Å². The van der Waals surface area contributed by atoms with Crippen molar-refractivity contribution in [2.45, 2.75) is 50.9 Å². The molecule has 3 N–H and O–H groups in total. The molecule has 0 saturated carbocycles. The third kappa shape index (κ3) is 6.93. The number of hydrogen-bond acceptors (Lipinski definition) is 8. The van der Waals surface area contributed by atoms with Crippen molar-refractivity contribution in [2.24, 2.45) is 5.73 Å². The number of benzene rings is 6. The van der Waals surface area contributed by atoms with E-state index in [4.69, 9.17) is 20.8 Å². The molecule has 1 aliphatic heterocycles. The Morgan fingerprint density at radius 2 is 1.25 bits per heavy atom. The summed E-state index contributed by atoms with van der Waals surface area (Å²) in [6.45, 7) is 4.38. The first-order valence-electron chi connectivity index (χ1n) is 19.4. The molecule has 7 aromatic rings. The number of nitrogens with zero attached hydrogens (tertiary/aromatic N) is 5. The van der Waals surface area contributed by atoms with Crippen molar-refractivity contribution in [2.75, 3.05) is 4.90 Å². The van der Waals surface area contributed by atoms with Gasteiger partial charge in [-0.3, -0.25) is 0 Å². The zero-order valence-electron chi connectivity index (χ0n) is 32.1. The second-order valence-corrected chi connectivity index (χ2v) is 14.5. The van der Waals surface area contributed by atoms with Gasteiger partial charge in [0.15, 0.2) is 11.5 Å². The van der Waals surface area contributed by atoms with Crippen molar-refractivity contribution in [3.8, 4) is 22.5 Å². The molecule has 0 amide bonds. The number of nitrogens with two attached hydrogens (primary N) is 1. The van der Waals surface area contributed by atoms with Crippen LogP contribution in [0.1, 0.15) is 55.4 Å². The lowest BCUT2D eigenvalue weighted by Crippen LogP contribution is -2.51. The molecule has 0 fully saturated rings. The summed E-state index contributed by atoms with van der Waals surface area (Å²) in [6.07, 6.45) is 2.70. The van der Waals surface area contributed by atoms with Crippen LogP contribution in [0.3, 0.4) is 0 Å². The van der Waals surface area contributed by atoms with Crippen LogP contribution in [-0.4, -0.2) is 31.8 Å². The van der Waals surface area contributed by atoms with E-state index in [-0.39, 0.29) is 6.61 Å². The molecule has 1 atom stereocenters. The average molecular weight is 752 g/mol. The minimum atomic E-state index is -0.900. The van der Waals surface area contributed by atoms with E-state index in [2.05, 4.69) is 121 Å². The van der Waals surface area contributed by atoms with Gasteiger partial charge in [0.05, 0.1) is 0 Å². The van der Waals surface area contributed by atoms with Gasteiger partial charge in [0.1, 0.15) is 23.6 Å². The number of aromatic nitrogens is 4. The Balaban J connectivity index is 1.21. The first-order valence-corrected chi connectivity index (χ1v) is 19.4. The Bertz CT molecular complexity index is 2370. The molecular weight excluding hydrogens is 707 g/mol. The summed E-state index contributed by atoms with van der Waals surface area (Å²) in [6, 6.07) is 57.2. The Hall–Kier alpha value is -7.00. The van der Waals surface area contributed by atoms with E-state index in [1.54, 1.807) is 0 Å². The molecule has 9 heteroatoms. The smallest absolute Gasteiger partial charge is 0.359 e. The third-order valence-electron chi connectivity index (χ3n) is 10.8. The standard InChI is InChI=1S/C48H45N7O2/c1-3-4-33-47(2)50-44(49)43(46(56)57-34-35-19-9-5-10-20-35)54(47)40-31-29-36(30-32-40)41-27-17-18-28-42(41)45-51-52-53-55(45)48(37-21-11-6-12-22-37,38-23-13-7-14-24-38)39-25-15-8-16-26-39/h5-32,50H,3-4,33-34,49H2,1-2H3. The fourth-order valence-corrected chi connectivity index (χ4v) is 8.08. The maximum Gasteiger partial charge on any atom is 0.359 e. The monoisotopic (exact) mass is 751 g/mol. The van der Waals surface area contributed by atoms with Crippen LogP contribution in [-0.2, 0) is 21.7 Å². The molecular formula is C48H45N7O2. The number of nitrogens with one attached hydrogen (secondary N) is 1. The molecule has 57 heavy (non-hydrogen) atoms. The number of rotatable bonds is 13. The minimum Gasteiger partial charge on any atom is -0.456 e. The summed E-state index contributed by atoms with van der Waals surface area (Å²) < 4.78 is 7.79. The molecule has 0 bridgehead atoms. The topological polar surface area (TPSA) is 111 Å². The summed E-state index contributed by atoms with van der Waals surface area (Å²) in [5.41, 5.74) is 12.9. The molecule has 6 aromatic carbocycles. The van der Waals surface area contributed by atoms with Crippen LogP contribution in [0.2, 0.25) is 0 Å². The van der Waals surface area contributed by atoms with Crippen LogP contribution in [0, 0.1) is 0 Å². The molecule has 0 spiro atoms. The van der Waals surface area contributed by atoms with Crippen LogP contribution in [0.15, 0.2) is 181 Å². The number of carbonyl (C=O) groups is 1. The first-order chi connectivity index (χ1) is 27.9. The van der Waals surface area contributed by atoms with E-state index in [0.717, 1.165) is 63.9 Å². The van der Waals surface area contributed by atoms with E-state index in [1.165, 1.54) is 0 Å². The Labute approximate surface area is 333 Å². The quantitative estimate of drug-likeness (QED) is 0.0888. The van der Waals surface area contributed by atoms with Crippen LogP contribution in [0.25, 0.3) is 22.5 Å². The fourth-order valence-electron chi connectivity index (χ4n) is 8.08. The molecule has 0 radical (unpaired) electrons. The number of anilines is 1. The van der Waals surface area contributed by atoms with E-state index < -0.39 is 17.2 Å². The van der Waals surface area contributed by atoms with Gasteiger partial charge in [-0.15, -0.1) is 5.10 Å². The molecule has 9 nitrogen and oxygen atoms in total. The van der Waals surface area contributed by atoms with Gasteiger partial charge in [-0.05, 0) is 75.7 Å². The van der Waals surface area contributed by atoms with Crippen LogP contribution < -0.4 is 16.0 Å². The summed E-state index contributed by atoms with van der Waals surface area (Å²) in [5.74, 6) is 0.428. The van der Waals surface area contributed by atoms with Crippen molar-refractivity contribution < 1.29 is 9.53 Å². The number of ether oxygens (including phenoxy) is 1. The summed E-state index contributed by atoms with van der Waals surface area (Å²) in [5, 5.41) is 17.3. The predicted molar refractivity (Wildman–Crippen MR) is 224 cm³/mol. The van der Waals surface area contributed by atoms with Crippen LogP contribution >= 0.6 is 0 Å². The maximum absolute atomic E-state index is 13.8. The van der Waals surface area contributed by atoms with Crippen LogP contribution in [0.5, 0.6) is 0 Å². The van der Waals surface area contributed by atoms with Crippen molar-refractivity contribution in [3.05, 3.63) is 204 Å². The van der Waals surface area contributed by atoms with Gasteiger partial charge in [-0.1, -0.05) is 171 Å². The number of esters is 1. The second-order valence-electron chi connectivity index (χ2n) is 14.5. The zero-order chi connectivity index (χ0) is 39.2. The van der Waals surface area contributed by atoms with E-state index in [0.29, 0.717) is 17.3 Å². The minimum absolute atomic E-state index is 0.144. The fraction of sp³-hybridized carbons (Fsp3) is 0.167. The molecule has 1 unspecified atom stereocenters. The highest BCUT2D eigenvalue weighted by atomic mass is 16.5. The Kier molecular flexibility index (Phi) is 10.4. The Morgan fingerprint density at radius 1 is 0.719 bits per heavy atom. The highest BCUT2D eigenvalue weighted by Crippen LogP contribution is 2.44. The van der Waals surface area contributed by atoms with Crippen molar-refractivity contribution >= 4 is 11.7 Å². The number of hydrogen-bond donors (Lipinski definition) is 2. The molecule has 2 heterocycles. The Morgan fingerprint density at radius 3 is 1.81 bits per heavy atom. The van der Waals surface area contributed by atoms with E-state index in [9.17, 15) is 4.79 Å². The van der Waals surface area contributed by atoms with Crippen molar-refractivity contribution in [3.63, 3.8) is 0 Å². The molecule has 8 rings (SSSR count). The van der Waals surface area contributed by atoms with Gasteiger partial charge >= 0.3 is 5.97 Å². The molecule has 284 valence electrons. The zero-order valence-corrected chi connectivity index (χ0v) is 32.1. The lowest BCUT2D eigenvalue weighted by molar-refractivity contribution is -0.140. The average Bonchev–Trinajstić information content (AvgIpc) is 3.86. The second kappa shape index (κ2) is 16.0. The highest BCUT2D eigenvalue weighted by Gasteiger charge is 2.45. The van der Waals surface area contributed by atoms with Gasteiger partial charge in [0, 0.05) is 11.3 Å². The number of carbonyl (C=O) groups excluding carboxylic acids is 1. The van der Waals surface area contributed by atoms with Crippen molar-refractivity contribution in [1.29, 1.82) is 0 Å². The largest absolute Gasteiger partial charge is 0.456 e. The molecule has 0 aliphatic carbocycles. The molecule has 1 aliphatic rings. The van der Waals surface area contributed by atoms with Gasteiger partial charge in [-0.25, -0.2) is 9.48 Å². The highest BCUT2D eigenvalue weighted by molar-refractivity contribution is 5.95. The molecule has 0 saturated heterocycles. The third-order valence-corrected chi connectivity index (χ3v) is 10.8. The SMILES string of the molecule is CCCCC1(C)NC(N)=C(C(=O)OCc2ccccc2)N1c1ccc(-c2ccccc2-c2nnnn2C(c2ccccc2)(c2ccccc2)c2ccccc2)cc1. The lowest BCUT2D eigenvalue weighted by atomic mass is 9.77. The number of unbranched alkanes of at least 4 members (excludes halogenated alkanes) is 1. The summed E-state index contributed by atoms with van der Waals surface area (Å²) in [4.78, 5) is 15.8. The van der Waals surface area contributed by atoms with Gasteiger partial charge in [0.25, 0.3) is 0 Å². The molecule has 1 aromatic heterocycles. The van der Waals surface area contributed by atoms with E-state index >= 15 is 0 Å².